The second-order valence-electron chi connectivity index (χ2n) is 7.56. The zero-order chi connectivity index (χ0) is 15.6. The summed E-state index contributed by atoms with van der Waals surface area (Å²) in [4.78, 5) is 2.65. The van der Waals surface area contributed by atoms with Gasteiger partial charge in [0.05, 0.1) is 6.54 Å². The Morgan fingerprint density at radius 2 is 2.05 bits per heavy atom. The van der Waals surface area contributed by atoms with Gasteiger partial charge in [0.15, 0.2) is 0 Å². The van der Waals surface area contributed by atoms with E-state index >= 15 is 0 Å². The Morgan fingerprint density at radius 3 is 2.67 bits per heavy atom. The Kier molecular flexibility index (Phi) is 5.15. The van der Waals surface area contributed by atoms with E-state index in [9.17, 15) is 0 Å². The molecule has 120 valence electrons. The van der Waals surface area contributed by atoms with E-state index < -0.39 is 0 Å². The summed E-state index contributed by atoms with van der Waals surface area (Å²) in [7, 11) is 0. The minimum absolute atomic E-state index is 0.123. The van der Waals surface area contributed by atoms with Crippen molar-refractivity contribution in [2.45, 2.75) is 91.5 Å². The molecule has 3 nitrogen and oxygen atoms in total. The monoisotopic (exact) mass is 292 g/mol. The molecule has 1 saturated heterocycles. The number of nitrogens with zero attached hydrogens (tertiary/aromatic N) is 1. The first-order chi connectivity index (χ1) is 9.80. The quantitative estimate of drug-likeness (QED) is 0.880. The molecule has 1 aromatic heterocycles. The number of hydrogen-bond donors (Lipinski definition) is 1. The zero-order valence-electron chi connectivity index (χ0n) is 14.6. The molecule has 2 heterocycles. The van der Waals surface area contributed by atoms with Crippen molar-refractivity contribution < 1.29 is 4.42 Å². The van der Waals surface area contributed by atoms with E-state index in [4.69, 9.17) is 4.42 Å². The topological polar surface area (TPSA) is 28.4 Å². The van der Waals surface area contributed by atoms with Crippen LogP contribution in [-0.2, 0) is 13.1 Å². The third-order valence-electron chi connectivity index (χ3n) is 4.64. The van der Waals surface area contributed by atoms with E-state index in [1.54, 1.807) is 0 Å². The molecule has 0 bridgehead atoms. The lowest BCUT2D eigenvalue weighted by atomic mass is 10.1. The van der Waals surface area contributed by atoms with Gasteiger partial charge in [-0.1, -0.05) is 6.92 Å². The fourth-order valence-electron chi connectivity index (χ4n) is 3.23. The van der Waals surface area contributed by atoms with Crippen LogP contribution in [-0.4, -0.2) is 22.5 Å². The summed E-state index contributed by atoms with van der Waals surface area (Å²) in [6, 6.07) is 3.68. The average Bonchev–Trinajstić information content (AvgIpc) is 2.92. The van der Waals surface area contributed by atoms with Crippen LogP contribution in [0.1, 0.15) is 71.0 Å². The highest BCUT2D eigenvalue weighted by atomic mass is 16.3. The van der Waals surface area contributed by atoms with Crippen LogP contribution in [0.4, 0.5) is 0 Å². The van der Waals surface area contributed by atoms with Gasteiger partial charge < -0.3 is 9.73 Å². The number of nitrogens with one attached hydrogen (secondary N) is 1. The largest absolute Gasteiger partial charge is 0.465 e. The fourth-order valence-corrected chi connectivity index (χ4v) is 3.23. The van der Waals surface area contributed by atoms with Gasteiger partial charge in [-0.2, -0.15) is 0 Å². The number of aryl methyl sites for hydroxylation is 1. The predicted molar refractivity (Wildman–Crippen MR) is 88.4 cm³/mol. The van der Waals surface area contributed by atoms with Gasteiger partial charge >= 0.3 is 0 Å². The van der Waals surface area contributed by atoms with E-state index in [1.165, 1.54) is 24.8 Å². The summed E-state index contributed by atoms with van der Waals surface area (Å²) in [5, 5.41) is 3.49. The van der Waals surface area contributed by atoms with Crippen molar-refractivity contribution >= 4 is 0 Å². The summed E-state index contributed by atoms with van der Waals surface area (Å²) in [6.07, 6.45) is 3.92. The molecule has 0 amide bonds. The van der Waals surface area contributed by atoms with Crippen LogP contribution in [0.15, 0.2) is 10.5 Å². The van der Waals surface area contributed by atoms with Crippen molar-refractivity contribution in [1.82, 2.24) is 10.2 Å². The third kappa shape index (κ3) is 4.33. The summed E-state index contributed by atoms with van der Waals surface area (Å²) < 4.78 is 5.94. The first kappa shape index (κ1) is 16.6. The minimum Gasteiger partial charge on any atom is -0.465 e. The fraction of sp³-hybridized carbons (Fsp3) is 0.778. The number of hydrogen-bond acceptors (Lipinski definition) is 3. The second-order valence-corrected chi connectivity index (χ2v) is 7.56. The maximum absolute atomic E-state index is 5.94. The van der Waals surface area contributed by atoms with Gasteiger partial charge in [-0.05, 0) is 59.9 Å². The Bertz CT molecular complexity index is 458. The number of rotatable bonds is 5. The SMILES string of the molecule is CCC1CCC(C)N1Cc1cc(CNC(C)(C)C)oc1C. The molecule has 0 radical (unpaired) electrons. The van der Waals surface area contributed by atoms with Gasteiger partial charge in [-0.25, -0.2) is 0 Å². The molecule has 0 aromatic carbocycles. The predicted octanol–water partition coefficient (Wildman–Crippen LogP) is 4.24. The van der Waals surface area contributed by atoms with Crippen molar-refractivity contribution in [1.29, 1.82) is 0 Å². The molecule has 1 aromatic rings. The highest BCUT2D eigenvalue weighted by Gasteiger charge is 2.29. The highest BCUT2D eigenvalue weighted by molar-refractivity contribution is 5.21. The Balaban J connectivity index is 2.02. The second kappa shape index (κ2) is 6.53. The van der Waals surface area contributed by atoms with Crippen molar-refractivity contribution in [3.8, 4) is 0 Å². The Hall–Kier alpha value is -0.800. The van der Waals surface area contributed by atoms with Crippen molar-refractivity contribution in [2.24, 2.45) is 0 Å². The van der Waals surface area contributed by atoms with Crippen LogP contribution in [0.5, 0.6) is 0 Å². The first-order valence-electron chi connectivity index (χ1n) is 8.39. The molecule has 0 saturated carbocycles. The summed E-state index contributed by atoms with van der Waals surface area (Å²) in [6.45, 7) is 15.1. The molecule has 21 heavy (non-hydrogen) atoms. The van der Waals surface area contributed by atoms with Crippen LogP contribution in [0, 0.1) is 6.92 Å². The van der Waals surface area contributed by atoms with E-state index in [0.717, 1.165) is 30.7 Å². The Morgan fingerprint density at radius 1 is 1.33 bits per heavy atom. The lowest BCUT2D eigenvalue weighted by molar-refractivity contribution is 0.188. The lowest BCUT2D eigenvalue weighted by Crippen LogP contribution is -2.35. The smallest absolute Gasteiger partial charge is 0.118 e. The third-order valence-corrected chi connectivity index (χ3v) is 4.64. The molecular formula is C18H32N2O. The summed E-state index contributed by atoms with van der Waals surface area (Å²) in [5.41, 5.74) is 1.48. The average molecular weight is 292 g/mol. The summed E-state index contributed by atoms with van der Waals surface area (Å²) >= 11 is 0. The van der Waals surface area contributed by atoms with E-state index in [-0.39, 0.29) is 5.54 Å². The van der Waals surface area contributed by atoms with Gasteiger partial charge in [-0.3, -0.25) is 4.90 Å². The maximum Gasteiger partial charge on any atom is 0.118 e. The Labute approximate surface area is 130 Å². The van der Waals surface area contributed by atoms with Gasteiger partial charge in [0.25, 0.3) is 0 Å². The molecule has 2 rings (SSSR count). The van der Waals surface area contributed by atoms with Gasteiger partial charge in [-0.15, -0.1) is 0 Å². The van der Waals surface area contributed by atoms with Crippen LogP contribution < -0.4 is 5.32 Å². The van der Waals surface area contributed by atoms with E-state index in [1.807, 2.05) is 0 Å². The molecule has 1 N–H and O–H groups in total. The zero-order valence-corrected chi connectivity index (χ0v) is 14.6. The van der Waals surface area contributed by atoms with E-state index in [2.05, 4.69) is 57.8 Å². The lowest BCUT2D eigenvalue weighted by Gasteiger charge is -2.27. The van der Waals surface area contributed by atoms with Crippen LogP contribution in [0.25, 0.3) is 0 Å². The molecule has 1 fully saturated rings. The molecule has 2 atom stereocenters. The number of likely N-dealkylation sites (tertiary alicyclic amines) is 1. The van der Waals surface area contributed by atoms with Gasteiger partial charge in [0.2, 0.25) is 0 Å². The van der Waals surface area contributed by atoms with Gasteiger partial charge in [0.1, 0.15) is 11.5 Å². The van der Waals surface area contributed by atoms with E-state index in [0.29, 0.717) is 6.04 Å². The van der Waals surface area contributed by atoms with Crippen molar-refractivity contribution in [3.63, 3.8) is 0 Å². The maximum atomic E-state index is 5.94. The summed E-state index contributed by atoms with van der Waals surface area (Å²) in [5.74, 6) is 2.13. The van der Waals surface area contributed by atoms with Gasteiger partial charge in [0, 0.05) is 29.7 Å². The molecule has 0 aliphatic carbocycles. The first-order valence-corrected chi connectivity index (χ1v) is 8.39. The molecular weight excluding hydrogens is 260 g/mol. The molecule has 0 spiro atoms. The van der Waals surface area contributed by atoms with Crippen LogP contribution in [0.2, 0.25) is 0 Å². The van der Waals surface area contributed by atoms with Crippen LogP contribution >= 0.6 is 0 Å². The standard InChI is InChI=1S/C18H32N2O/c1-7-16-9-8-13(2)20(16)12-15-10-17(21-14(15)3)11-19-18(4,5)6/h10,13,16,19H,7-9,11-12H2,1-6H3. The number of furan rings is 1. The van der Waals surface area contributed by atoms with Crippen LogP contribution in [0.3, 0.4) is 0 Å². The van der Waals surface area contributed by atoms with Crippen molar-refractivity contribution in [2.75, 3.05) is 0 Å². The van der Waals surface area contributed by atoms with Crippen molar-refractivity contribution in [3.05, 3.63) is 23.2 Å². The molecule has 1 aliphatic rings. The highest BCUT2D eigenvalue weighted by Crippen LogP contribution is 2.29. The molecule has 3 heteroatoms. The normalized spacial score (nSPS) is 23.9. The molecule has 1 aliphatic heterocycles. The molecule has 2 unspecified atom stereocenters. The minimum atomic E-state index is 0.123.